The fraction of sp³-hybridized carbons (Fsp3) is 0.0870. The van der Waals surface area contributed by atoms with E-state index in [4.69, 9.17) is 4.42 Å². The highest BCUT2D eigenvalue weighted by Crippen LogP contribution is 2.33. The molecule has 0 aliphatic carbocycles. The van der Waals surface area contributed by atoms with Gasteiger partial charge in [0.2, 0.25) is 0 Å². The number of halogens is 1. The van der Waals surface area contributed by atoms with Gasteiger partial charge in [-0.2, -0.15) is 0 Å². The number of nitrogens with zero attached hydrogens (tertiary/aromatic N) is 1. The predicted molar refractivity (Wildman–Crippen MR) is 116 cm³/mol. The van der Waals surface area contributed by atoms with Crippen molar-refractivity contribution in [2.45, 2.75) is 6.54 Å². The van der Waals surface area contributed by atoms with Crippen LogP contribution in [0.25, 0.3) is 27.2 Å². The molecule has 2 heterocycles. The Kier molecular flexibility index (Phi) is 4.94. The maximum atomic E-state index is 13.2. The number of thiophene rings is 1. The third-order valence-electron chi connectivity index (χ3n) is 4.62. The summed E-state index contributed by atoms with van der Waals surface area (Å²) in [5.41, 5.74) is 3.01. The number of benzene rings is 2. The number of anilines is 1. The molecule has 4 rings (SSSR count). The molecule has 0 saturated heterocycles. The molecule has 29 heavy (non-hydrogen) atoms. The van der Waals surface area contributed by atoms with Gasteiger partial charge in [0.25, 0.3) is 0 Å². The maximum Gasteiger partial charge on any atom is 0.347 e. The van der Waals surface area contributed by atoms with Crippen LogP contribution in [0.4, 0.5) is 9.39 Å². The van der Waals surface area contributed by atoms with Crippen LogP contribution in [0.5, 0.6) is 0 Å². The minimum atomic E-state index is -0.607. The van der Waals surface area contributed by atoms with Crippen molar-refractivity contribution in [2.24, 2.45) is 0 Å². The van der Waals surface area contributed by atoms with Gasteiger partial charge >= 0.3 is 5.63 Å². The fourth-order valence-electron chi connectivity index (χ4n) is 3.13. The van der Waals surface area contributed by atoms with Gasteiger partial charge in [-0.1, -0.05) is 36.9 Å². The van der Waals surface area contributed by atoms with E-state index in [9.17, 15) is 14.3 Å². The van der Waals surface area contributed by atoms with E-state index in [1.165, 1.54) is 23.5 Å². The van der Waals surface area contributed by atoms with Gasteiger partial charge in [0.15, 0.2) is 5.58 Å². The lowest BCUT2D eigenvalue weighted by atomic mass is 10.0. The second-order valence-electron chi connectivity index (χ2n) is 6.77. The minimum Gasteiger partial charge on any atom is -0.508 e. The van der Waals surface area contributed by atoms with E-state index in [1.54, 1.807) is 18.2 Å². The van der Waals surface area contributed by atoms with Gasteiger partial charge in [-0.3, -0.25) is 0 Å². The van der Waals surface area contributed by atoms with Crippen molar-refractivity contribution >= 4 is 32.4 Å². The summed E-state index contributed by atoms with van der Waals surface area (Å²) in [7, 11) is 1.96. The third-order valence-corrected chi connectivity index (χ3v) is 5.80. The summed E-state index contributed by atoms with van der Waals surface area (Å²) in [6, 6.07) is 17.9. The normalized spacial score (nSPS) is 11.0. The summed E-state index contributed by atoms with van der Waals surface area (Å²) in [5.74, 6) is -0.560. The first kappa shape index (κ1) is 19.0. The summed E-state index contributed by atoms with van der Waals surface area (Å²) in [5, 5.41) is 10.5. The number of rotatable bonds is 5. The Labute approximate surface area is 170 Å². The summed E-state index contributed by atoms with van der Waals surface area (Å²) in [6.45, 7) is 4.04. The van der Waals surface area contributed by atoms with Gasteiger partial charge in [0, 0.05) is 19.7 Å². The van der Waals surface area contributed by atoms with Crippen LogP contribution in [0.3, 0.4) is 0 Å². The highest BCUT2D eigenvalue weighted by atomic mass is 32.1. The topological polar surface area (TPSA) is 53.7 Å². The lowest BCUT2D eigenvalue weighted by molar-refractivity contribution is 0.499. The van der Waals surface area contributed by atoms with Gasteiger partial charge in [-0.15, -0.1) is 11.3 Å². The Morgan fingerprint density at radius 3 is 2.62 bits per heavy atom. The van der Waals surface area contributed by atoms with Crippen molar-refractivity contribution in [3.8, 4) is 11.1 Å². The average Bonchev–Trinajstić information content (AvgIpc) is 3.11. The summed E-state index contributed by atoms with van der Waals surface area (Å²) >= 11 is 1.47. The van der Waals surface area contributed by atoms with Gasteiger partial charge in [-0.05, 0) is 41.0 Å². The Morgan fingerprint density at radius 1 is 1.14 bits per heavy atom. The van der Waals surface area contributed by atoms with E-state index in [-0.39, 0.29) is 17.1 Å². The zero-order valence-corrected chi connectivity index (χ0v) is 16.5. The molecule has 4 aromatic rings. The van der Waals surface area contributed by atoms with Gasteiger partial charge in [0.05, 0.1) is 9.70 Å². The van der Waals surface area contributed by atoms with Crippen molar-refractivity contribution in [3.63, 3.8) is 0 Å². The third kappa shape index (κ3) is 3.93. The molecule has 0 unspecified atom stereocenters. The van der Waals surface area contributed by atoms with E-state index in [2.05, 4.69) is 17.5 Å². The molecule has 2 aromatic heterocycles. The summed E-state index contributed by atoms with van der Waals surface area (Å²) < 4.78 is 19.2. The molecular weight excluding hydrogens is 389 g/mol. The number of aliphatic hydroxyl groups excluding tert-OH is 1. The number of fused-ring (bicyclic) bond motifs is 1. The largest absolute Gasteiger partial charge is 0.508 e. The number of hydrogen-bond acceptors (Lipinski definition) is 5. The molecular formula is C23H18FNO3S. The quantitative estimate of drug-likeness (QED) is 0.423. The average molecular weight is 407 g/mol. The molecule has 0 bridgehead atoms. The van der Waals surface area contributed by atoms with Crippen molar-refractivity contribution in [1.82, 2.24) is 0 Å². The zero-order valence-electron chi connectivity index (χ0n) is 15.7. The second-order valence-corrected chi connectivity index (χ2v) is 7.83. The second kappa shape index (κ2) is 7.56. The SMILES string of the molecule is C=C(O)c1cc2sc(N(C)Cc3cccc(-c4ccc(F)cc4)c3)cc2oc1=O. The van der Waals surface area contributed by atoms with Crippen LogP contribution in [-0.2, 0) is 6.54 Å². The van der Waals surface area contributed by atoms with Crippen LogP contribution in [0.2, 0.25) is 0 Å². The number of hydrogen-bond donors (Lipinski definition) is 1. The monoisotopic (exact) mass is 407 g/mol. The standard InChI is InChI=1S/C23H18FNO3S/c1-14(26)19-11-21-20(28-23(19)27)12-22(29-21)25(2)13-15-4-3-5-17(10-15)16-6-8-18(24)9-7-16/h3-12,26H,1,13H2,2H3. The van der Waals surface area contributed by atoms with Crippen LogP contribution >= 0.6 is 11.3 Å². The highest BCUT2D eigenvalue weighted by Gasteiger charge is 2.13. The molecule has 0 spiro atoms. The molecule has 146 valence electrons. The van der Waals surface area contributed by atoms with Crippen LogP contribution in [-0.4, -0.2) is 12.2 Å². The minimum absolute atomic E-state index is 0.0700. The van der Waals surface area contributed by atoms with Gasteiger partial charge in [-0.25, -0.2) is 9.18 Å². The summed E-state index contributed by atoms with van der Waals surface area (Å²) in [6.07, 6.45) is 0. The van der Waals surface area contributed by atoms with E-state index in [0.717, 1.165) is 26.4 Å². The van der Waals surface area contributed by atoms with Crippen molar-refractivity contribution in [1.29, 1.82) is 0 Å². The Balaban J connectivity index is 1.60. The summed E-state index contributed by atoms with van der Waals surface area (Å²) in [4.78, 5) is 14.0. The lowest BCUT2D eigenvalue weighted by Gasteiger charge is -2.17. The van der Waals surface area contributed by atoms with E-state index in [1.807, 2.05) is 31.3 Å². The molecule has 6 heteroatoms. The Morgan fingerprint density at radius 2 is 1.90 bits per heavy atom. The molecule has 0 fully saturated rings. The number of aliphatic hydroxyl groups is 1. The molecule has 0 amide bonds. The van der Waals surface area contributed by atoms with Crippen LogP contribution in [0, 0.1) is 5.82 Å². The van der Waals surface area contributed by atoms with Crippen molar-refractivity contribution in [3.05, 3.63) is 94.6 Å². The van der Waals surface area contributed by atoms with Gasteiger partial charge < -0.3 is 14.4 Å². The molecule has 2 aromatic carbocycles. The first-order valence-electron chi connectivity index (χ1n) is 8.92. The molecule has 4 nitrogen and oxygen atoms in total. The smallest absolute Gasteiger partial charge is 0.347 e. The maximum absolute atomic E-state index is 13.2. The van der Waals surface area contributed by atoms with E-state index in [0.29, 0.717) is 12.1 Å². The van der Waals surface area contributed by atoms with Crippen LogP contribution in [0.15, 0.2) is 76.5 Å². The Hall–Kier alpha value is -3.38. The molecule has 1 N–H and O–H groups in total. The first-order valence-corrected chi connectivity index (χ1v) is 9.74. The molecule has 0 atom stereocenters. The highest BCUT2D eigenvalue weighted by molar-refractivity contribution is 7.22. The van der Waals surface area contributed by atoms with Crippen LogP contribution < -0.4 is 10.5 Å². The van der Waals surface area contributed by atoms with Crippen molar-refractivity contribution < 1.29 is 13.9 Å². The predicted octanol–water partition coefficient (Wildman–Crippen LogP) is 5.83. The van der Waals surface area contributed by atoms with E-state index >= 15 is 0 Å². The fourth-order valence-corrected chi connectivity index (χ4v) is 4.12. The zero-order chi connectivity index (χ0) is 20.5. The molecule has 0 aliphatic rings. The first-order chi connectivity index (χ1) is 13.9. The molecule has 0 radical (unpaired) electrons. The van der Waals surface area contributed by atoms with Crippen LogP contribution in [0.1, 0.15) is 11.1 Å². The Bertz CT molecular complexity index is 1260. The molecule has 0 aliphatic heterocycles. The lowest BCUT2D eigenvalue weighted by Crippen LogP contribution is -2.14. The van der Waals surface area contributed by atoms with E-state index < -0.39 is 5.63 Å². The van der Waals surface area contributed by atoms with Crippen molar-refractivity contribution in [2.75, 3.05) is 11.9 Å². The van der Waals surface area contributed by atoms with Gasteiger partial charge in [0.1, 0.15) is 17.1 Å². The molecule has 0 saturated carbocycles.